The van der Waals surface area contributed by atoms with E-state index < -0.39 is 75.6 Å². The Morgan fingerprint density at radius 1 is 1.19 bits per heavy atom. The van der Waals surface area contributed by atoms with Crippen molar-refractivity contribution >= 4 is 5.97 Å². The quantitative estimate of drug-likeness (QED) is 0.225. The third-order valence-electron chi connectivity index (χ3n) is 10.7. The van der Waals surface area contributed by atoms with Crippen molar-refractivity contribution in [1.82, 2.24) is 4.98 Å². The molecule has 0 radical (unpaired) electrons. The van der Waals surface area contributed by atoms with Crippen LogP contribution in [0.4, 0.5) is 0 Å². The Morgan fingerprint density at radius 3 is 2.39 bits per heavy atom. The van der Waals surface area contributed by atoms with Gasteiger partial charge in [0, 0.05) is 24.2 Å². The first kappa shape index (κ1) is 25.8. The zero-order valence-electron chi connectivity index (χ0n) is 21.3. The summed E-state index contributed by atoms with van der Waals surface area (Å²) in [5.74, 6) is -3.98. The van der Waals surface area contributed by atoms with Crippen LogP contribution < -0.4 is 0 Å². The summed E-state index contributed by atoms with van der Waals surface area (Å²) in [7, 11) is 0. The van der Waals surface area contributed by atoms with Gasteiger partial charge in [-0.1, -0.05) is 27.4 Å². The van der Waals surface area contributed by atoms with Crippen LogP contribution >= 0.6 is 0 Å². The van der Waals surface area contributed by atoms with E-state index in [0.29, 0.717) is 5.57 Å². The maximum atomic E-state index is 13.2. The number of aromatic nitrogens is 1. The largest absolute Gasteiger partial charge is 0.452 e. The molecule has 10 atom stereocenters. The maximum Gasteiger partial charge on any atom is 0.340 e. The van der Waals surface area contributed by atoms with E-state index in [4.69, 9.17) is 9.47 Å². The second-order valence-corrected chi connectivity index (χ2v) is 12.2. The monoisotopic (exact) mass is 507 g/mol. The summed E-state index contributed by atoms with van der Waals surface area (Å²) in [4.78, 5) is 15.9. The van der Waals surface area contributed by atoms with Crippen molar-refractivity contribution in [3.63, 3.8) is 0 Å². The molecule has 0 amide bonds. The van der Waals surface area contributed by atoms with E-state index in [1.807, 2.05) is 0 Å². The highest BCUT2D eigenvalue weighted by Crippen LogP contribution is 2.77. The highest BCUT2D eigenvalue weighted by Gasteiger charge is 2.94. The molecule has 10 nitrogen and oxygen atoms in total. The Balaban J connectivity index is 1.81. The van der Waals surface area contributed by atoms with Gasteiger partial charge in [-0.25, -0.2) is 4.79 Å². The van der Waals surface area contributed by atoms with Crippen LogP contribution in [-0.4, -0.2) is 88.1 Å². The van der Waals surface area contributed by atoms with Crippen LogP contribution in [0.25, 0.3) is 0 Å². The van der Waals surface area contributed by atoms with Gasteiger partial charge < -0.3 is 45.1 Å². The van der Waals surface area contributed by atoms with E-state index in [0.717, 1.165) is 0 Å². The maximum absolute atomic E-state index is 13.2. The van der Waals surface area contributed by atoms with Crippen LogP contribution in [0.5, 0.6) is 0 Å². The lowest BCUT2D eigenvalue weighted by molar-refractivity contribution is -0.475. The number of carbonyl (C=O) groups excluding carboxylic acids is 1. The van der Waals surface area contributed by atoms with Gasteiger partial charge in [-0.05, 0) is 44.2 Å². The zero-order valence-corrected chi connectivity index (χ0v) is 21.3. The van der Waals surface area contributed by atoms with E-state index in [9.17, 15) is 35.4 Å². The lowest BCUT2D eigenvalue weighted by atomic mass is 9.43. The normalized spacial score (nSPS) is 53.9. The van der Waals surface area contributed by atoms with Crippen molar-refractivity contribution in [3.05, 3.63) is 36.2 Å². The minimum atomic E-state index is -2.45. The van der Waals surface area contributed by atoms with Gasteiger partial charge in [-0.3, -0.25) is 0 Å². The molecule has 1 unspecified atom stereocenters. The molecule has 0 aromatic carbocycles. The van der Waals surface area contributed by atoms with Crippen LogP contribution in [0.1, 0.15) is 64.2 Å². The molecule has 3 aliphatic carbocycles. The van der Waals surface area contributed by atoms with Crippen LogP contribution in [-0.2, 0) is 9.47 Å². The SMILES string of the molecule is C=C1CC[C@]2(O)[C@]3(C)C[C@](O)(O[C@]2(C)[C@@H]1O)C1(C)[C@@H](O)[C@@]3(O)[C@H](OC(=O)c2cc[nH]c2)[C@]1(O)C(C)C. The number of hydrogen-bond donors (Lipinski definition) is 7. The second-order valence-electron chi connectivity index (χ2n) is 12.2. The van der Waals surface area contributed by atoms with Crippen LogP contribution in [0.15, 0.2) is 30.6 Å². The van der Waals surface area contributed by atoms with E-state index in [1.165, 1.54) is 39.2 Å². The van der Waals surface area contributed by atoms with Gasteiger partial charge >= 0.3 is 5.97 Å². The molecular weight excluding hydrogens is 470 g/mol. The highest BCUT2D eigenvalue weighted by molar-refractivity contribution is 5.89. The molecule has 5 rings (SSSR count). The Labute approximate surface area is 209 Å². The average molecular weight is 508 g/mol. The topological polar surface area (TPSA) is 173 Å². The number of rotatable bonds is 3. The number of ether oxygens (including phenoxy) is 2. The second kappa shape index (κ2) is 6.99. The summed E-state index contributed by atoms with van der Waals surface area (Å²) in [5, 5.41) is 72.5. The standard InChI is InChI=1S/C26H37NO9/c1-13(2)25(33)19(35-17(29)15-8-10-27-11-15)26(34)18(30)21(25,5)24(32)12-20(26,4)23(31)9-7-14(3)16(28)22(23,6)36-24/h8,10-11,13,16,18-19,27-28,30-34H,3,7,9,12H2,1-2,4-6H3/t16-,18-,19-,20+,21?,22-,23+,24+,25-,26-/m1/s1. The number of carbonyl (C=O) groups is 1. The van der Waals surface area contributed by atoms with Crippen molar-refractivity contribution in [2.75, 3.05) is 0 Å². The molecule has 4 aliphatic rings. The Hall–Kier alpha value is -1.79. The Morgan fingerprint density at radius 2 is 1.83 bits per heavy atom. The van der Waals surface area contributed by atoms with Gasteiger partial charge in [-0.15, -0.1) is 0 Å². The third-order valence-corrected chi connectivity index (χ3v) is 10.7. The van der Waals surface area contributed by atoms with Gasteiger partial charge in [-0.2, -0.15) is 0 Å². The fourth-order valence-electron chi connectivity index (χ4n) is 8.32. The molecule has 3 saturated carbocycles. The number of aliphatic hydroxyl groups excluding tert-OH is 2. The molecule has 1 aromatic heterocycles. The molecule has 1 saturated heterocycles. The molecule has 10 heteroatoms. The molecule has 1 aliphatic heterocycles. The summed E-state index contributed by atoms with van der Waals surface area (Å²) in [6, 6.07) is 1.46. The fraction of sp³-hybridized carbons (Fsp3) is 0.731. The Bertz CT molecular complexity index is 1120. The van der Waals surface area contributed by atoms with Crippen molar-refractivity contribution in [1.29, 1.82) is 0 Å². The minimum Gasteiger partial charge on any atom is -0.452 e. The molecule has 4 fully saturated rings. The van der Waals surface area contributed by atoms with Crippen LogP contribution in [0.3, 0.4) is 0 Å². The summed E-state index contributed by atoms with van der Waals surface area (Å²) in [6.07, 6.45) is -2.40. The average Bonchev–Trinajstić information content (AvgIpc) is 3.38. The summed E-state index contributed by atoms with van der Waals surface area (Å²) >= 11 is 0. The summed E-state index contributed by atoms with van der Waals surface area (Å²) < 4.78 is 12.1. The lowest BCUT2D eigenvalue weighted by Crippen LogP contribution is -2.87. The number of aromatic amines is 1. The molecular formula is C26H37NO9. The molecule has 0 spiro atoms. The van der Waals surface area contributed by atoms with E-state index in [1.54, 1.807) is 13.8 Å². The highest BCUT2D eigenvalue weighted by atomic mass is 16.7. The molecule has 1 aromatic rings. The first-order valence-electron chi connectivity index (χ1n) is 12.4. The number of fused-ring (bicyclic) bond motifs is 8. The van der Waals surface area contributed by atoms with Crippen molar-refractivity contribution < 1.29 is 44.9 Å². The van der Waals surface area contributed by atoms with Gasteiger partial charge in [0.1, 0.15) is 34.6 Å². The van der Waals surface area contributed by atoms with Crippen molar-refractivity contribution in [2.45, 2.75) is 100 Å². The predicted molar refractivity (Wildman–Crippen MR) is 125 cm³/mol. The molecule has 36 heavy (non-hydrogen) atoms. The van der Waals surface area contributed by atoms with E-state index in [2.05, 4.69) is 11.6 Å². The number of aliphatic hydroxyl groups is 6. The smallest absolute Gasteiger partial charge is 0.340 e. The van der Waals surface area contributed by atoms with E-state index in [-0.39, 0.29) is 18.4 Å². The van der Waals surface area contributed by atoms with Crippen LogP contribution in [0.2, 0.25) is 0 Å². The number of esters is 1. The number of hydrogen-bond acceptors (Lipinski definition) is 9. The predicted octanol–water partition coefficient (Wildman–Crippen LogP) is 0.369. The first-order chi connectivity index (χ1) is 16.4. The molecule has 7 N–H and O–H groups in total. The van der Waals surface area contributed by atoms with Gasteiger partial charge in [0.25, 0.3) is 0 Å². The zero-order chi connectivity index (χ0) is 26.9. The van der Waals surface area contributed by atoms with Crippen molar-refractivity contribution in [2.24, 2.45) is 16.7 Å². The van der Waals surface area contributed by atoms with Gasteiger partial charge in [0.2, 0.25) is 0 Å². The first-order valence-corrected chi connectivity index (χ1v) is 12.4. The Kier molecular flexibility index (Phi) is 5.02. The van der Waals surface area contributed by atoms with Crippen molar-refractivity contribution in [3.8, 4) is 0 Å². The number of nitrogens with one attached hydrogen (secondary N) is 1. The van der Waals surface area contributed by atoms with E-state index >= 15 is 0 Å². The van der Waals surface area contributed by atoms with Gasteiger partial charge in [0.05, 0.1) is 11.0 Å². The summed E-state index contributed by atoms with van der Waals surface area (Å²) in [5.41, 5.74) is -11.9. The molecule has 2 heterocycles. The molecule has 4 bridgehead atoms. The molecule has 200 valence electrons. The van der Waals surface area contributed by atoms with Gasteiger partial charge in [0.15, 0.2) is 11.9 Å². The summed E-state index contributed by atoms with van der Waals surface area (Å²) in [6.45, 7) is 11.4. The number of H-pyrrole nitrogens is 1. The fourth-order valence-corrected chi connectivity index (χ4v) is 8.32. The lowest BCUT2D eigenvalue weighted by Gasteiger charge is -2.73. The van der Waals surface area contributed by atoms with Crippen LogP contribution in [0, 0.1) is 16.7 Å². The third kappa shape index (κ3) is 2.32. The minimum absolute atomic E-state index is 0.0176.